The van der Waals surface area contributed by atoms with Crippen LogP contribution >= 0.6 is 11.6 Å². The Morgan fingerprint density at radius 2 is 2.31 bits per heavy atom. The molecule has 0 saturated heterocycles. The van der Waals surface area contributed by atoms with Gasteiger partial charge in [0.15, 0.2) is 0 Å². The number of hydrogen-bond donors (Lipinski definition) is 1. The van der Waals surface area contributed by atoms with Gasteiger partial charge in [0.25, 0.3) is 0 Å². The third kappa shape index (κ3) is 1.56. The Morgan fingerprint density at radius 1 is 1.54 bits per heavy atom. The van der Waals surface area contributed by atoms with Crippen molar-refractivity contribution in [3.8, 4) is 0 Å². The van der Waals surface area contributed by atoms with Gasteiger partial charge < -0.3 is 5.73 Å². The lowest BCUT2D eigenvalue weighted by molar-refractivity contribution is 0.627. The van der Waals surface area contributed by atoms with Crippen LogP contribution in [0.2, 0.25) is 5.15 Å². The smallest absolute Gasteiger partial charge is 0.132 e. The number of rotatable bonds is 3. The second kappa shape index (κ2) is 3.28. The average molecular weight is 197 g/mol. The molecule has 13 heavy (non-hydrogen) atoms. The van der Waals surface area contributed by atoms with E-state index >= 15 is 0 Å². The molecule has 2 rings (SSSR count). The second-order valence-electron chi connectivity index (χ2n) is 3.66. The standard InChI is InChI=1S/C10H13ClN2/c11-9-8(2-1-7-13-9)10(3-4-10)5-6-12/h1-2,7H,3-6,12H2. The largest absolute Gasteiger partial charge is 0.330 e. The maximum Gasteiger partial charge on any atom is 0.132 e. The number of hydrogen-bond acceptors (Lipinski definition) is 2. The van der Waals surface area contributed by atoms with E-state index in [4.69, 9.17) is 17.3 Å². The predicted molar refractivity (Wildman–Crippen MR) is 53.8 cm³/mol. The average Bonchev–Trinajstić information content (AvgIpc) is 2.87. The van der Waals surface area contributed by atoms with E-state index in [-0.39, 0.29) is 5.41 Å². The van der Waals surface area contributed by atoms with E-state index in [1.54, 1.807) is 6.20 Å². The first-order chi connectivity index (χ1) is 6.28. The van der Waals surface area contributed by atoms with Crippen LogP contribution in [0, 0.1) is 0 Å². The molecule has 1 heterocycles. The summed E-state index contributed by atoms with van der Waals surface area (Å²) in [6.45, 7) is 0.727. The summed E-state index contributed by atoms with van der Waals surface area (Å²) in [7, 11) is 0. The monoisotopic (exact) mass is 196 g/mol. The normalized spacial score (nSPS) is 18.6. The number of nitrogens with zero attached hydrogens (tertiary/aromatic N) is 1. The minimum absolute atomic E-state index is 0.264. The van der Waals surface area contributed by atoms with E-state index in [9.17, 15) is 0 Å². The van der Waals surface area contributed by atoms with Gasteiger partial charge in [0.05, 0.1) is 0 Å². The van der Waals surface area contributed by atoms with Gasteiger partial charge in [-0.1, -0.05) is 17.7 Å². The summed E-state index contributed by atoms with van der Waals surface area (Å²) in [6, 6.07) is 4.01. The van der Waals surface area contributed by atoms with Crippen molar-refractivity contribution in [2.75, 3.05) is 6.54 Å². The summed E-state index contributed by atoms with van der Waals surface area (Å²) in [5.74, 6) is 0. The van der Waals surface area contributed by atoms with Crippen LogP contribution in [0.3, 0.4) is 0 Å². The molecule has 2 N–H and O–H groups in total. The number of pyridine rings is 1. The first-order valence-corrected chi connectivity index (χ1v) is 4.97. The van der Waals surface area contributed by atoms with Crippen LogP contribution in [0.25, 0.3) is 0 Å². The summed E-state index contributed by atoms with van der Waals surface area (Å²) in [5.41, 5.74) is 7.03. The molecule has 0 aromatic carbocycles. The highest BCUT2D eigenvalue weighted by atomic mass is 35.5. The summed E-state index contributed by atoms with van der Waals surface area (Å²) in [6.07, 6.45) is 5.16. The van der Waals surface area contributed by atoms with Crippen molar-refractivity contribution in [1.29, 1.82) is 0 Å². The number of aromatic nitrogens is 1. The van der Waals surface area contributed by atoms with Gasteiger partial charge in [0, 0.05) is 6.20 Å². The molecule has 1 aliphatic rings. The van der Waals surface area contributed by atoms with Gasteiger partial charge in [-0.25, -0.2) is 4.98 Å². The highest BCUT2D eigenvalue weighted by Crippen LogP contribution is 2.52. The van der Waals surface area contributed by atoms with Crippen LogP contribution < -0.4 is 5.73 Å². The second-order valence-corrected chi connectivity index (χ2v) is 4.02. The third-order valence-electron chi connectivity index (χ3n) is 2.81. The molecule has 1 aliphatic carbocycles. The van der Waals surface area contributed by atoms with Crippen LogP contribution in [0.5, 0.6) is 0 Å². The lowest BCUT2D eigenvalue weighted by Crippen LogP contribution is -2.14. The van der Waals surface area contributed by atoms with Gasteiger partial charge in [-0.05, 0) is 42.9 Å². The van der Waals surface area contributed by atoms with Crippen molar-refractivity contribution in [1.82, 2.24) is 4.98 Å². The van der Waals surface area contributed by atoms with E-state index in [2.05, 4.69) is 11.1 Å². The van der Waals surface area contributed by atoms with E-state index in [0.717, 1.165) is 13.0 Å². The van der Waals surface area contributed by atoms with Gasteiger partial charge in [-0.2, -0.15) is 0 Å². The molecule has 2 nitrogen and oxygen atoms in total. The van der Waals surface area contributed by atoms with Crippen LogP contribution in [-0.4, -0.2) is 11.5 Å². The molecule has 0 spiro atoms. The van der Waals surface area contributed by atoms with E-state index in [1.165, 1.54) is 18.4 Å². The first-order valence-electron chi connectivity index (χ1n) is 4.60. The summed E-state index contributed by atoms with van der Waals surface area (Å²) in [5, 5.41) is 0.647. The fraction of sp³-hybridized carbons (Fsp3) is 0.500. The molecule has 0 unspecified atom stereocenters. The zero-order valence-corrected chi connectivity index (χ0v) is 8.22. The fourth-order valence-corrected chi connectivity index (χ4v) is 2.18. The summed E-state index contributed by atoms with van der Waals surface area (Å²) >= 11 is 6.03. The van der Waals surface area contributed by atoms with Gasteiger partial charge in [-0.15, -0.1) is 0 Å². The Bertz CT molecular complexity index is 308. The quantitative estimate of drug-likeness (QED) is 0.753. The third-order valence-corrected chi connectivity index (χ3v) is 3.11. The van der Waals surface area contributed by atoms with E-state index in [0.29, 0.717) is 5.15 Å². The number of halogens is 1. The van der Waals surface area contributed by atoms with Gasteiger partial charge in [-0.3, -0.25) is 0 Å². The Hall–Kier alpha value is -0.600. The SMILES string of the molecule is NCCC1(c2cccnc2Cl)CC1. The molecular weight excluding hydrogens is 184 g/mol. The Kier molecular flexibility index (Phi) is 2.26. The van der Waals surface area contributed by atoms with Crippen molar-refractivity contribution in [2.45, 2.75) is 24.7 Å². The number of nitrogens with two attached hydrogens (primary N) is 1. The highest BCUT2D eigenvalue weighted by Gasteiger charge is 2.44. The zero-order chi connectivity index (χ0) is 9.31. The van der Waals surface area contributed by atoms with Gasteiger partial charge >= 0.3 is 0 Å². The molecule has 3 heteroatoms. The van der Waals surface area contributed by atoms with Gasteiger partial charge in [0.1, 0.15) is 5.15 Å². The molecule has 0 atom stereocenters. The molecule has 1 aromatic heterocycles. The minimum atomic E-state index is 0.264. The topological polar surface area (TPSA) is 38.9 Å². The lowest BCUT2D eigenvalue weighted by atomic mass is 9.94. The minimum Gasteiger partial charge on any atom is -0.330 e. The molecule has 1 saturated carbocycles. The summed E-state index contributed by atoms with van der Waals surface area (Å²) in [4.78, 5) is 4.09. The molecule has 0 radical (unpaired) electrons. The Morgan fingerprint density at radius 3 is 2.85 bits per heavy atom. The van der Waals surface area contributed by atoms with Crippen molar-refractivity contribution in [3.63, 3.8) is 0 Å². The maximum atomic E-state index is 6.03. The zero-order valence-electron chi connectivity index (χ0n) is 7.46. The maximum absolute atomic E-state index is 6.03. The molecular formula is C10H13ClN2. The fourth-order valence-electron chi connectivity index (χ4n) is 1.86. The molecule has 1 aromatic rings. The van der Waals surface area contributed by atoms with Crippen LogP contribution in [-0.2, 0) is 5.41 Å². The molecule has 70 valence electrons. The summed E-state index contributed by atoms with van der Waals surface area (Å²) < 4.78 is 0. The van der Waals surface area contributed by atoms with Crippen molar-refractivity contribution < 1.29 is 0 Å². The van der Waals surface area contributed by atoms with Crippen LogP contribution in [0.4, 0.5) is 0 Å². The van der Waals surface area contributed by atoms with Crippen molar-refractivity contribution in [3.05, 3.63) is 29.0 Å². The molecule has 0 bridgehead atoms. The van der Waals surface area contributed by atoms with Crippen molar-refractivity contribution in [2.24, 2.45) is 5.73 Å². The van der Waals surface area contributed by atoms with Gasteiger partial charge in [0.2, 0.25) is 0 Å². The highest BCUT2D eigenvalue weighted by molar-refractivity contribution is 6.30. The lowest BCUT2D eigenvalue weighted by Gasteiger charge is -2.14. The Balaban J connectivity index is 2.30. The Labute approximate surface area is 83.1 Å². The van der Waals surface area contributed by atoms with E-state index < -0.39 is 0 Å². The first kappa shape index (κ1) is 8.97. The van der Waals surface area contributed by atoms with E-state index in [1.807, 2.05) is 6.07 Å². The molecule has 0 amide bonds. The van der Waals surface area contributed by atoms with Crippen LogP contribution in [0.15, 0.2) is 18.3 Å². The molecule has 0 aliphatic heterocycles. The molecule has 1 fully saturated rings. The van der Waals surface area contributed by atoms with Crippen LogP contribution in [0.1, 0.15) is 24.8 Å². The van der Waals surface area contributed by atoms with Crippen molar-refractivity contribution >= 4 is 11.6 Å². The predicted octanol–water partition coefficient (Wildman–Crippen LogP) is 2.12.